The van der Waals surface area contributed by atoms with Gasteiger partial charge in [-0.15, -0.1) is 0 Å². The molecule has 1 atom stereocenters. The van der Waals surface area contributed by atoms with Crippen molar-refractivity contribution in [3.8, 4) is 5.75 Å². The van der Waals surface area contributed by atoms with Crippen LogP contribution in [0.3, 0.4) is 0 Å². The van der Waals surface area contributed by atoms with Crippen LogP contribution in [-0.2, 0) is 4.79 Å². The maximum absolute atomic E-state index is 13.0. The lowest BCUT2D eigenvalue weighted by atomic mass is 9.76. The summed E-state index contributed by atoms with van der Waals surface area (Å²) in [4.78, 5) is 27.5. The summed E-state index contributed by atoms with van der Waals surface area (Å²) in [6.45, 7) is 4.99. The lowest BCUT2D eigenvalue weighted by Gasteiger charge is -2.47. The number of rotatable bonds is 4. The number of hydrogen-bond donors (Lipinski definition) is 1. The lowest BCUT2D eigenvalue weighted by molar-refractivity contribution is -0.122. The highest BCUT2D eigenvalue weighted by Crippen LogP contribution is 2.46. The standard InChI is InChI=1S/C25H30N2O4/c1-16-13-21(17(2)30-16)24(29)27-11-9-25(10-12-27)15-18(14-23(28)26-19-7-8-19)20-5-3-4-6-22(20)31-25/h3-6,13,18-19H,7-12,14-15H2,1-2H3,(H,26,28). The first-order chi connectivity index (χ1) is 14.9. The Morgan fingerprint density at radius 1 is 1.16 bits per heavy atom. The van der Waals surface area contributed by atoms with Crippen molar-refractivity contribution in [3.63, 3.8) is 0 Å². The van der Waals surface area contributed by atoms with E-state index in [1.807, 2.05) is 43.0 Å². The van der Waals surface area contributed by atoms with Crippen LogP contribution in [0.2, 0.25) is 0 Å². The molecule has 1 saturated carbocycles. The van der Waals surface area contributed by atoms with E-state index in [0.29, 0.717) is 36.9 Å². The molecule has 6 heteroatoms. The number of carbonyl (C=O) groups is 2. The van der Waals surface area contributed by atoms with Crippen molar-refractivity contribution in [2.24, 2.45) is 0 Å². The SMILES string of the molecule is Cc1cc(C(=O)N2CCC3(CC2)CC(CC(=O)NC2CC2)c2ccccc2O3)c(C)o1. The van der Waals surface area contributed by atoms with Crippen LogP contribution in [-0.4, -0.2) is 41.4 Å². The number of carbonyl (C=O) groups excluding carboxylic acids is 2. The number of piperidine rings is 1. The highest BCUT2D eigenvalue weighted by Gasteiger charge is 2.44. The smallest absolute Gasteiger partial charge is 0.257 e. The van der Waals surface area contributed by atoms with Gasteiger partial charge in [0, 0.05) is 44.3 Å². The van der Waals surface area contributed by atoms with Gasteiger partial charge in [-0.3, -0.25) is 9.59 Å². The summed E-state index contributed by atoms with van der Waals surface area (Å²) >= 11 is 0. The molecule has 2 amide bonds. The molecule has 1 unspecified atom stereocenters. The zero-order valence-corrected chi connectivity index (χ0v) is 18.3. The van der Waals surface area contributed by atoms with E-state index in [0.717, 1.165) is 49.2 Å². The third-order valence-corrected chi connectivity index (χ3v) is 6.91. The van der Waals surface area contributed by atoms with E-state index >= 15 is 0 Å². The molecule has 5 rings (SSSR count). The van der Waals surface area contributed by atoms with E-state index in [1.165, 1.54) is 0 Å². The van der Waals surface area contributed by atoms with Crippen molar-refractivity contribution in [1.82, 2.24) is 10.2 Å². The summed E-state index contributed by atoms with van der Waals surface area (Å²) in [6.07, 6.45) is 5.04. The molecule has 1 aliphatic carbocycles. The van der Waals surface area contributed by atoms with Crippen LogP contribution in [0.25, 0.3) is 0 Å². The number of benzene rings is 1. The van der Waals surface area contributed by atoms with Crippen molar-refractivity contribution < 1.29 is 18.7 Å². The molecule has 1 aromatic heterocycles. The predicted molar refractivity (Wildman–Crippen MR) is 116 cm³/mol. The first-order valence-electron chi connectivity index (χ1n) is 11.4. The number of nitrogens with zero attached hydrogens (tertiary/aromatic N) is 1. The Balaban J connectivity index is 1.30. The van der Waals surface area contributed by atoms with Crippen molar-refractivity contribution in [2.75, 3.05) is 13.1 Å². The van der Waals surface area contributed by atoms with Crippen molar-refractivity contribution in [3.05, 3.63) is 53.0 Å². The molecule has 0 radical (unpaired) electrons. The van der Waals surface area contributed by atoms with Gasteiger partial charge in [0.15, 0.2) is 0 Å². The normalized spacial score (nSPS) is 22.0. The van der Waals surface area contributed by atoms with Gasteiger partial charge in [-0.05, 0) is 50.8 Å². The Morgan fingerprint density at radius 2 is 1.90 bits per heavy atom. The van der Waals surface area contributed by atoms with Gasteiger partial charge in [0.1, 0.15) is 22.9 Å². The average Bonchev–Trinajstić information content (AvgIpc) is 3.49. The third-order valence-electron chi connectivity index (χ3n) is 6.91. The summed E-state index contributed by atoms with van der Waals surface area (Å²) in [5.74, 6) is 2.63. The molecule has 2 fully saturated rings. The summed E-state index contributed by atoms with van der Waals surface area (Å²) in [6, 6.07) is 10.3. The highest BCUT2D eigenvalue weighted by molar-refractivity contribution is 5.95. The Morgan fingerprint density at radius 3 is 2.58 bits per heavy atom. The van der Waals surface area contributed by atoms with E-state index in [4.69, 9.17) is 9.15 Å². The molecule has 3 heterocycles. The number of aryl methyl sites for hydroxylation is 2. The second-order valence-electron chi connectivity index (χ2n) is 9.39. The van der Waals surface area contributed by atoms with Crippen molar-refractivity contribution >= 4 is 11.8 Å². The molecule has 3 aliphatic rings. The van der Waals surface area contributed by atoms with Gasteiger partial charge in [0.2, 0.25) is 5.91 Å². The minimum atomic E-state index is -0.322. The fourth-order valence-electron chi connectivity index (χ4n) is 5.10. The number of amides is 2. The largest absolute Gasteiger partial charge is 0.487 e. The molecule has 0 bridgehead atoms. The van der Waals surface area contributed by atoms with Crippen LogP contribution < -0.4 is 10.1 Å². The van der Waals surface area contributed by atoms with Crippen LogP contribution in [0.15, 0.2) is 34.7 Å². The van der Waals surface area contributed by atoms with Gasteiger partial charge < -0.3 is 19.4 Å². The molecule has 164 valence electrons. The minimum absolute atomic E-state index is 0.0285. The van der Waals surface area contributed by atoms with Crippen LogP contribution in [0.5, 0.6) is 5.75 Å². The Labute approximate surface area is 182 Å². The third kappa shape index (κ3) is 4.08. The maximum Gasteiger partial charge on any atom is 0.257 e. The number of para-hydroxylation sites is 1. The quantitative estimate of drug-likeness (QED) is 0.805. The fraction of sp³-hybridized carbons (Fsp3) is 0.520. The molecule has 2 aromatic rings. The molecule has 1 saturated heterocycles. The Kier molecular flexibility index (Phi) is 5.03. The van der Waals surface area contributed by atoms with Crippen LogP contribution >= 0.6 is 0 Å². The number of nitrogens with one attached hydrogen (secondary N) is 1. The number of fused-ring (bicyclic) bond motifs is 1. The first-order valence-corrected chi connectivity index (χ1v) is 11.4. The van der Waals surface area contributed by atoms with E-state index in [2.05, 4.69) is 11.4 Å². The van der Waals surface area contributed by atoms with E-state index in [1.54, 1.807) is 0 Å². The molecule has 2 aliphatic heterocycles. The fourth-order valence-corrected chi connectivity index (χ4v) is 5.10. The second-order valence-corrected chi connectivity index (χ2v) is 9.39. The summed E-state index contributed by atoms with van der Waals surface area (Å²) < 4.78 is 12.1. The van der Waals surface area contributed by atoms with Crippen LogP contribution in [0, 0.1) is 13.8 Å². The lowest BCUT2D eigenvalue weighted by Crippen LogP contribution is -2.52. The highest BCUT2D eigenvalue weighted by atomic mass is 16.5. The van der Waals surface area contributed by atoms with Crippen molar-refractivity contribution in [1.29, 1.82) is 0 Å². The number of likely N-dealkylation sites (tertiary alicyclic amines) is 1. The molecule has 6 nitrogen and oxygen atoms in total. The molecular formula is C25H30N2O4. The Hall–Kier alpha value is -2.76. The predicted octanol–water partition coefficient (Wildman–Crippen LogP) is 4.11. The molecule has 31 heavy (non-hydrogen) atoms. The van der Waals surface area contributed by atoms with Gasteiger partial charge in [0.05, 0.1) is 5.56 Å². The van der Waals surface area contributed by atoms with E-state index in [9.17, 15) is 9.59 Å². The van der Waals surface area contributed by atoms with Gasteiger partial charge in [0.25, 0.3) is 5.91 Å². The number of ether oxygens (including phenoxy) is 1. The average molecular weight is 423 g/mol. The van der Waals surface area contributed by atoms with Gasteiger partial charge in [-0.1, -0.05) is 18.2 Å². The second kappa shape index (κ2) is 7.74. The zero-order valence-electron chi connectivity index (χ0n) is 18.3. The van der Waals surface area contributed by atoms with Gasteiger partial charge in [-0.2, -0.15) is 0 Å². The summed E-state index contributed by atoms with van der Waals surface area (Å²) in [5.41, 5.74) is 1.46. The first kappa shape index (κ1) is 20.2. The van der Waals surface area contributed by atoms with Gasteiger partial charge in [-0.25, -0.2) is 0 Å². The molecule has 1 spiro atoms. The molecule has 1 aromatic carbocycles. The molecular weight excluding hydrogens is 392 g/mol. The van der Waals surface area contributed by atoms with Crippen molar-refractivity contribution in [2.45, 2.75) is 69.9 Å². The van der Waals surface area contributed by atoms with E-state index < -0.39 is 0 Å². The Bertz CT molecular complexity index is 999. The summed E-state index contributed by atoms with van der Waals surface area (Å²) in [5, 5.41) is 3.13. The van der Waals surface area contributed by atoms with E-state index in [-0.39, 0.29) is 23.3 Å². The molecule has 1 N–H and O–H groups in total. The maximum atomic E-state index is 13.0. The minimum Gasteiger partial charge on any atom is -0.487 e. The van der Waals surface area contributed by atoms with Crippen LogP contribution in [0.1, 0.15) is 71.9 Å². The number of furan rings is 1. The van der Waals surface area contributed by atoms with Gasteiger partial charge >= 0.3 is 0 Å². The number of hydrogen-bond acceptors (Lipinski definition) is 4. The monoisotopic (exact) mass is 422 g/mol. The summed E-state index contributed by atoms with van der Waals surface area (Å²) in [7, 11) is 0. The van der Waals surface area contributed by atoms with Crippen LogP contribution in [0.4, 0.5) is 0 Å². The topological polar surface area (TPSA) is 71.8 Å². The zero-order chi connectivity index (χ0) is 21.6.